The summed E-state index contributed by atoms with van der Waals surface area (Å²) in [5.41, 5.74) is 1.36. The molecule has 4 nitrogen and oxygen atoms in total. The van der Waals surface area contributed by atoms with Crippen LogP contribution in [0.25, 0.3) is 0 Å². The molecule has 0 aliphatic carbocycles. The van der Waals surface area contributed by atoms with Crippen LogP contribution in [0.5, 0.6) is 5.75 Å². The number of carbonyl (C=O) groups excluding carboxylic acids is 1. The van der Waals surface area contributed by atoms with E-state index in [0.717, 1.165) is 5.69 Å². The van der Waals surface area contributed by atoms with Crippen molar-refractivity contribution in [3.05, 3.63) is 53.6 Å². The summed E-state index contributed by atoms with van der Waals surface area (Å²) in [7, 11) is 1.51. The first-order valence-electron chi connectivity index (χ1n) is 7.02. The van der Waals surface area contributed by atoms with Gasteiger partial charge in [-0.1, -0.05) is 6.07 Å². The van der Waals surface area contributed by atoms with E-state index in [1.807, 2.05) is 25.3 Å². The smallest absolute Gasteiger partial charge is 0.234 e. The average Bonchev–Trinajstić information content (AvgIpc) is 3.16. The highest BCUT2D eigenvalue weighted by atomic mass is 32.2. The van der Waals surface area contributed by atoms with Gasteiger partial charge in [-0.3, -0.25) is 4.79 Å². The summed E-state index contributed by atoms with van der Waals surface area (Å²) >= 11 is 1.42. The summed E-state index contributed by atoms with van der Waals surface area (Å²) in [6.45, 7) is 1.94. The van der Waals surface area contributed by atoms with Gasteiger partial charge in [0.15, 0.2) is 0 Å². The molecule has 2 atom stereocenters. The SMILES string of the molecule is COc1cccc(F)c1C1SCC(=O)N1C(C)c1ccc[nH]1. The first-order valence-corrected chi connectivity index (χ1v) is 8.06. The number of nitrogens with one attached hydrogen (secondary N) is 1. The van der Waals surface area contributed by atoms with E-state index in [0.29, 0.717) is 17.1 Å². The number of thioether (sulfide) groups is 1. The zero-order chi connectivity index (χ0) is 15.7. The highest BCUT2D eigenvalue weighted by Gasteiger charge is 2.39. The van der Waals surface area contributed by atoms with Crippen molar-refractivity contribution < 1.29 is 13.9 Å². The molecule has 22 heavy (non-hydrogen) atoms. The van der Waals surface area contributed by atoms with Crippen LogP contribution in [0.4, 0.5) is 4.39 Å². The Balaban J connectivity index is 2.01. The summed E-state index contributed by atoms with van der Waals surface area (Å²) in [6.07, 6.45) is 1.82. The fourth-order valence-corrected chi connectivity index (χ4v) is 4.07. The van der Waals surface area contributed by atoms with Crippen LogP contribution in [0.3, 0.4) is 0 Å². The predicted molar refractivity (Wildman–Crippen MR) is 84.2 cm³/mol. The fourth-order valence-electron chi connectivity index (χ4n) is 2.77. The van der Waals surface area contributed by atoms with E-state index >= 15 is 0 Å². The van der Waals surface area contributed by atoms with Crippen LogP contribution in [0.15, 0.2) is 36.5 Å². The Labute approximate surface area is 132 Å². The number of ether oxygens (including phenoxy) is 1. The van der Waals surface area contributed by atoms with Crippen molar-refractivity contribution in [3.63, 3.8) is 0 Å². The number of methoxy groups -OCH3 is 1. The molecule has 1 aliphatic rings. The normalized spacial score (nSPS) is 19.5. The highest BCUT2D eigenvalue weighted by molar-refractivity contribution is 8.00. The Morgan fingerprint density at radius 2 is 2.23 bits per heavy atom. The molecular weight excluding hydrogens is 303 g/mol. The number of benzene rings is 1. The van der Waals surface area contributed by atoms with Gasteiger partial charge < -0.3 is 14.6 Å². The summed E-state index contributed by atoms with van der Waals surface area (Å²) in [4.78, 5) is 17.2. The van der Waals surface area contributed by atoms with E-state index in [2.05, 4.69) is 4.98 Å². The molecule has 1 fully saturated rings. The summed E-state index contributed by atoms with van der Waals surface area (Å²) in [5, 5.41) is -0.387. The Kier molecular flexibility index (Phi) is 4.11. The monoisotopic (exact) mass is 320 g/mol. The van der Waals surface area contributed by atoms with Gasteiger partial charge in [0.1, 0.15) is 16.9 Å². The number of hydrogen-bond acceptors (Lipinski definition) is 3. The molecule has 3 rings (SSSR count). The number of aromatic nitrogens is 1. The van der Waals surface area contributed by atoms with Crippen molar-refractivity contribution in [2.45, 2.75) is 18.3 Å². The molecule has 1 aliphatic heterocycles. The number of halogens is 1. The van der Waals surface area contributed by atoms with Crippen LogP contribution in [0, 0.1) is 5.82 Å². The maximum absolute atomic E-state index is 14.4. The van der Waals surface area contributed by atoms with Gasteiger partial charge in [-0.05, 0) is 31.2 Å². The number of hydrogen-bond donors (Lipinski definition) is 1. The Hall–Kier alpha value is -1.95. The molecule has 2 unspecified atom stereocenters. The molecule has 1 aromatic carbocycles. The maximum Gasteiger partial charge on any atom is 0.234 e. The van der Waals surface area contributed by atoms with Gasteiger partial charge in [0, 0.05) is 11.9 Å². The number of carbonyl (C=O) groups is 1. The van der Waals surface area contributed by atoms with Crippen LogP contribution in [-0.2, 0) is 4.79 Å². The Bertz CT molecular complexity index is 675. The second kappa shape index (κ2) is 6.04. The minimum Gasteiger partial charge on any atom is -0.496 e. The second-order valence-electron chi connectivity index (χ2n) is 5.12. The first kappa shape index (κ1) is 15.0. The lowest BCUT2D eigenvalue weighted by Gasteiger charge is -2.30. The van der Waals surface area contributed by atoms with E-state index in [1.165, 1.54) is 24.9 Å². The lowest BCUT2D eigenvalue weighted by atomic mass is 10.1. The number of aromatic amines is 1. The molecule has 2 heterocycles. The molecule has 1 amide bonds. The zero-order valence-electron chi connectivity index (χ0n) is 12.4. The molecule has 1 aromatic heterocycles. The zero-order valence-corrected chi connectivity index (χ0v) is 13.2. The first-order chi connectivity index (χ1) is 10.6. The number of amides is 1. The average molecular weight is 320 g/mol. The fraction of sp³-hybridized carbons (Fsp3) is 0.312. The largest absolute Gasteiger partial charge is 0.496 e. The third-order valence-electron chi connectivity index (χ3n) is 3.87. The Morgan fingerprint density at radius 1 is 1.41 bits per heavy atom. The van der Waals surface area contributed by atoms with E-state index in [4.69, 9.17) is 4.74 Å². The number of H-pyrrole nitrogens is 1. The van der Waals surface area contributed by atoms with Crippen LogP contribution in [0.1, 0.15) is 29.6 Å². The lowest BCUT2D eigenvalue weighted by molar-refractivity contribution is -0.130. The van der Waals surface area contributed by atoms with Gasteiger partial charge in [-0.15, -0.1) is 11.8 Å². The summed E-state index contributed by atoms with van der Waals surface area (Å²) in [6, 6.07) is 8.39. The predicted octanol–water partition coefficient (Wildman–Crippen LogP) is 3.50. The van der Waals surface area contributed by atoms with Crippen molar-refractivity contribution in [3.8, 4) is 5.75 Å². The van der Waals surface area contributed by atoms with Crippen LogP contribution >= 0.6 is 11.8 Å². The van der Waals surface area contributed by atoms with Gasteiger partial charge in [0.2, 0.25) is 5.91 Å². The van der Waals surface area contributed by atoms with Crippen LogP contribution < -0.4 is 4.74 Å². The van der Waals surface area contributed by atoms with E-state index in [9.17, 15) is 9.18 Å². The highest BCUT2D eigenvalue weighted by Crippen LogP contribution is 2.47. The van der Waals surface area contributed by atoms with Crippen molar-refractivity contribution in [1.29, 1.82) is 0 Å². The van der Waals surface area contributed by atoms with Crippen molar-refractivity contribution in [2.24, 2.45) is 0 Å². The standard InChI is InChI=1S/C16H17FN2O2S/c1-10(12-6-4-8-18-12)19-14(20)9-22-16(19)15-11(17)5-3-7-13(15)21-2/h3-8,10,16,18H,9H2,1-2H3. The van der Waals surface area contributed by atoms with Gasteiger partial charge in [-0.25, -0.2) is 4.39 Å². The molecule has 0 radical (unpaired) electrons. The molecule has 0 saturated carbocycles. The van der Waals surface area contributed by atoms with Crippen LogP contribution in [0.2, 0.25) is 0 Å². The molecule has 1 N–H and O–H groups in total. The molecular formula is C16H17FN2O2S. The third kappa shape index (κ3) is 2.47. The molecule has 0 bridgehead atoms. The third-order valence-corrected chi connectivity index (χ3v) is 5.07. The van der Waals surface area contributed by atoms with Crippen LogP contribution in [-0.4, -0.2) is 28.7 Å². The lowest BCUT2D eigenvalue weighted by Crippen LogP contribution is -2.31. The summed E-state index contributed by atoms with van der Waals surface area (Å²) < 4.78 is 19.6. The topological polar surface area (TPSA) is 45.3 Å². The molecule has 2 aromatic rings. The minimum absolute atomic E-state index is 0.00223. The second-order valence-corrected chi connectivity index (χ2v) is 6.19. The van der Waals surface area contributed by atoms with Gasteiger partial charge in [0.25, 0.3) is 0 Å². The van der Waals surface area contributed by atoms with E-state index < -0.39 is 0 Å². The van der Waals surface area contributed by atoms with E-state index in [-0.39, 0.29) is 23.1 Å². The van der Waals surface area contributed by atoms with Crippen molar-refractivity contribution >= 4 is 17.7 Å². The van der Waals surface area contributed by atoms with Gasteiger partial charge >= 0.3 is 0 Å². The van der Waals surface area contributed by atoms with Gasteiger partial charge in [-0.2, -0.15) is 0 Å². The molecule has 6 heteroatoms. The Morgan fingerprint density at radius 3 is 2.91 bits per heavy atom. The maximum atomic E-state index is 14.4. The minimum atomic E-state index is -0.387. The van der Waals surface area contributed by atoms with Crippen molar-refractivity contribution in [2.75, 3.05) is 12.9 Å². The number of nitrogens with zero attached hydrogens (tertiary/aromatic N) is 1. The quantitative estimate of drug-likeness (QED) is 0.938. The summed E-state index contributed by atoms with van der Waals surface area (Å²) in [5.74, 6) is 0.459. The van der Waals surface area contributed by atoms with Crippen molar-refractivity contribution in [1.82, 2.24) is 9.88 Å². The molecule has 116 valence electrons. The number of rotatable bonds is 4. The molecule has 1 saturated heterocycles. The van der Waals surface area contributed by atoms with Gasteiger partial charge in [0.05, 0.1) is 24.5 Å². The molecule has 0 spiro atoms. The van der Waals surface area contributed by atoms with E-state index in [1.54, 1.807) is 17.0 Å².